The van der Waals surface area contributed by atoms with Crippen LogP contribution in [0.15, 0.2) is 48.5 Å². The molecular formula is C19H15FN2O3. The number of nitrogens with two attached hydrogens (primary N) is 1. The lowest BCUT2D eigenvalue weighted by atomic mass is 10.1. The molecule has 3 aromatic rings. The van der Waals surface area contributed by atoms with Crippen molar-refractivity contribution in [3.8, 4) is 0 Å². The predicted molar refractivity (Wildman–Crippen MR) is 90.5 cm³/mol. The number of esters is 1. The minimum atomic E-state index is -0.590. The molecule has 0 atom stereocenters. The van der Waals surface area contributed by atoms with Crippen molar-refractivity contribution in [3.63, 3.8) is 0 Å². The first-order valence-corrected chi connectivity index (χ1v) is 7.57. The van der Waals surface area contributed by atoms with Crippen molar-refractivity contribution < 1.29 is 18.7 Å². The lowest BCUT2D eigenvalue weighted by Gasteiger charge is -2.10. The number of benzene rings is 2. The largest absolute Gasteiger partial charge is 0.457 e. The highest BCUT2D eigenvalue weighted by Crippen LogP contribution is 2.21. The Bertz CT molecular complexity index is 980. The number of pyridine rings is 1. The number of halogens is 1. The summed E-state index contributed by atoms with van der Waals surface area (Å²) in [4.78, 5) is 28.1. The van der Waals surface area contributed by atoms with E-state index >= 15 is 0 Å². The average molecular weight is 338 g/mol. The highest BCUT2D eigenvalue weighted by molar-refractivity contribution is 6.03. The molecule has 1 aromatic heterocycles. The fourth-order valence-electron chi connectivity index (χ4n) is 2.61. The Kier molecular flexibility index (Phi) is 4.43. The monoisotopic (exact) mass is 338 g/mol. The zero-order chi connectivity index (χ0) is 18.0. The standard InChI is InChI=1S/C19H15FN2O3/c1-11-8-16(15-7-6-13(20)9-17(15)22-11)19(24)25-10-12-4-2-3-5-14(12)18(21)23/h2-9H,10H2,1H3,(H2,21,23). The molecule has 1 heterocycles. The molecular weight excluding hydrogens is 323 g/mol. The number of amides is 1. The SMILES string of the molecule is Cc1cc(C(=O)OCc2ccccc2C(N)=O)c2ccc(F)cc2n1. The molecule has 0 aliphatic rings. The highest BCUT2D eigenvalue weighted by atomic mass is 19.1. The van der Waals surface area contributed by atoms with E-state index in [9.17, 15) is 14.0 Å². The predicted octanol–water partition coefficient (Wildman–Crippen LogP) is 3.14. The van der Waals surface area contributed by atoms with Gasteiger partial charge in [0, 0.05) is 28.3 Å². The second-order valence-corrected chi connectivity index (χ2v) is 5.57. The Balaban J connectivity index is 1.90. The molecule has 1 amide bonds. The number of rotatable bonds is 4. The van der Waals surface area contributed by atoms with E-state index in [2.05, 4.69) is 4.98 Å². The van der Waals surface area contributed by atoms with Crippen molar-refractivity contribution in [2.45, 2.75) is 13.5 Å². The van der Waals surface area contributed by atoms with Crippen molar-refractivity contribution in [1.82, 2.24) is 4.98 Å². The zero-order valence-corrected chi connectivity index (χ0v) is 13.5. The van der Waals surface area contributed by atoms with Gasteiger partial charge in [0.25, 0.3) is 0 Å². The van der Waals surface area contributed by atoms with E-state index < -0.39 is 17.7 Å². The van der Waals surface area contributed by atoms with Gasteiger partial charge in [-0.1, -0.05) is 18.2 Å². The van der Waals surface area contributed by atoms with E-state index in [0.717, 1.165) is 0 Å². The van der Waals surface area contributed by atoms with Gasteiger partial charge in [0.15, 0.2) is 0 Å². The van der Waals surface area contributed by atoms with Crippen LogP contribution in [0.4, 0.5) is 4.39 Å². The lowest BCUT2D eigenvalue weighted by molar-refractivity contribution is 0.0472. The van der Waals surface area contributed by atoms with Crippen LogP contribution in [0.1, 0.15) is 32.0 Å². The topological polar surface area (TPSA) is 82.3 Å². The molecule has 0 saturated heterocycles. The third kappa shape index (κ3) is 3.47. The number of ether oxygens (including phenoxy) is 1. The van der Waals surface area contributed by atoms with Crippen LogP contribution in [-0.4, -0.2) is 16.9 Å². The number of aryl methyl sites for hydroxylation is 1. The van der Waals surface area contributed by atoms with Crippen LogP contribution in [-0.2, 0) is 11.3 Å². The summed E-state index contributed by atoms with van der Waals surface area (Å²) in [7, 11) is 0. The summed E-state index contributed by atoms with van der Waals surface area (Å²) in [5.41, 5.74) is 7.38. The number of hydrogen-bond donors (Lipinski definition) is 1. The fourth-order valence-corrected chi connectivity index (χ4v) is 2.61. The normalized spacial score (nSPS) is 10.6. The Hall–Kier alpha value is -3.28. The third-order valence-electron chi connectivity index (χ3n) is 3.76. The van der Waals surface area contributed by atoms with E-state index in [0.29, 0.717) is 33.3 Å². The molecule has 0 fully saturated rings. The molecule has 0 aliphatic carbocycles. The maximum absolute atomic E-state index is 13.4. The molecule has 0 radical (unpaired) electrons. The third-order valence-corrected chi connectivity index (χ3v) is 3.76. The van der Waals surface area contributed by atoms with Gasteiger partial charge in [0.1, 0.15) is 12.4 Å². The number of carbonyl (C=O) groups is 2. The second kappa shape index (κ2) is 6.68. The summed E-state index contributed by atoms with van der Waals surface area (Å²) in [5, 5.41) is 0.500. The molecule has 6 heteroatoms. The minimum absolute atomic E-state index is 0.0952. The molecule has 0 spiro atoms. The Labute approximate surface area is 143 Å². The van der Waals surface area contributed by atoms with Gasteiger partial charge in [0.2, 0.25) is 5.91 Å². The van der Waals surface area contributed by atoms with Crippen molar-refractivity contribution in [1.29, 1.82) is 0 Å². The van der Waals surface area contributed by atoms with Gasteiger partial charge >= 0.3 is 5.97 Å². The van der Waals surface area contributed by atoms with Crippen LogP contribution in [0.25, 0.3) is 10.9 Å². The number of hydrogen-bond acceptors (Lipinski definition) is 4. The summed E-state index contributed by atoms with van der Waals surface area (Å²) >= 11 is 0. The first-order valence-electron chi connectivity index (χ1n) is 7.57. The molecule has 0 saturated carbocycles. The van der Waals surface area contributed by atoms with Gasteiger partial charge in [0.05, 0.1) is 11.1 Å². The molecule has 5 nitrogen and oxygen atoms in total. The first kappa shape index (κ1) is 16.6. The van der Waals surface area contributed by atoms with Crippen LogP contribution in [0.5, 0.6) is 0 Å². The molecule has 0 unspecified atom stereocenters. The number of aromatic nitrogens is 1. The number of fused-ring (bicyclic) bond motifs is 1. The summed E-state index contributed by atoms with van der Waals surface area (Å²) in [6, 6.07) is 12.2. The van der Waals surface area contributed by atoms with E-state index in [1.54, 1.807) is 37.3 Å². The first-order chi connectivity index (χ1) is 12.0. The van der Waals surface area contributed by atoms with Crippen LogP contribution in [0, 0.1) is 12.7 Å². The maximum Gasteiger partial charge on any atom is 0.339 e. The molecule has 126 valence electrons. The summed E-state index contributed by atoms with van der Waals surface area (Å²) in [5.74, 6) is -1.60. The van der Waals surface area contributed by atoms with Crippen molar-refractivity contribution in [2.24, 2.45) is 5.73 Å². The summed E-state index contributed by atoms with van der Waals surface area (Å²) < 4.78 is 18.7. The maximum atomic E-state index is 13.4. The van der Waals surface area contributed by atoms with Crippen LogP contribution < -0.4 is 5.73 Å². The molecule has 3 rings (SSSR count). The lowest BCUT2D eigenvalue weighted by Crippen LogP contribution is -2.15. The van der Waals surface area contributed by atoms with Crippen molar-refractivity contribution >= 4 is 22.8 Å². The Morgan fingerprint density at radius 3 is 2.64 bits per heavy atom. The Morgan fingerprint density at radius 1 is 1.12 bits per heavy atom. The zero-order valence-electron chi connectivity index (χ0n) is 13.5. The van der Waals surface area contributed by atoms with Crippen LogP contribution in [0.3, 0.4) is 0 Å². The number of nitrogens with zero attached hydrogens (tertiary/aromatic N) is 1. The molecule has 0 bridgehead atoms. The number of carbonyl (C=O) groups excluding carboxylic acids is 2. The van der Waals surface area contributed by atoms with Gasteiger partial charge in [-0.2, -0.15) is 0 Å². The summed E-state index contributed by atoms with van der Waals surface area (Å²) in [6.07, 6.45) is 0. The smallest absolute Gasteiger partial charge is 0.339 e. The Morgan fingerprint density at radius 2 is 1.88 bits per heavy atom. The van der Waals surface area contributed by atoms with E-state index in [1.165, 1.54) is 18.2 Å². The van der Waals surface area contributed by atoms with Crippen LogP contribution in [0.2, 0.25) is 0 Å². The van der Waals surface area contributed by atoms with E-state index in [1.807, 2.05) is 0 Å². The van der Waals surface area contributed by atoms with Gasteiger partial charge in [-0.3, -0.25) is 9.78 Å². The van der Waals surface area contributed by atoms with Crippen molar-refractivity contribution in [3.05, 3.63) is 76.7 Å². The minimum Gasteiger partial charge on any atom is -0.457 e. The molecule has 0 aliphatic heterocycles. The molecule has 25 heavy (non-hydrogen) atoms. The quantitative estimate of drug-likeness (QED) is 0.741. The van der Waals surface area contributed by atoms with Gasteiger partial charge in [-0.05, 0) is 31.2 Å². The average Bonchev–Trinajstić information content (AvgIpc) is 2.58. The van der Waals surface area contributed by atoms with Crippen LogP contribution >= 0.6 is 0 Å². The van der Waals surface area contributed by atoms with Crippen molar-refractivity contribution in [2.75, 3.05) is 0 Å². The van der Waals surface area contributed by atoms with Gasteiger partial charge < -0.3 is 10.5 Å². The molecule has 2 aromatic carbocycles. The number of primary amides is 1. The second-order valence-electron chi connectivity index (χ2n) is 5.57. The summed E-state index contributed by atoms with van der Waals surface area (Å²) in [6.45, 7) is 1.62. The fraction of sp³-hybridized carbons (Fsp3) is 0.105. The molecule has 2 N–H and O–H groups in total. The van der Waals surface area contributed by atoms with E-state index in [-0.39, 0.29) is 6.61 Å². The van der Waals surface area contributed by atoms with Gasteiger partial charge in [-0.15, -0.1) is 0 Å². The highest BCUT2D eigenvalue weighted by Gasteiger charge is 2.15. The van der Waals surface area contributed by atoms with E-state index in [4.69, 9.17) is 10.5 Å². The van der Waals surface area contributed by atoms with Gasteiger partial charge in [-0.25, -0.2) is 9.18 Å².